The van der Waals surface area contributed by atoms with Crippen molar-refractivity contribution in [2.24, 2.45) is 0 Å². The summed E-state index contributed by atoms with van der Waals surface area (Å²) in [5.41, 5.74) is 0.617. The third-order valence-electron chi connectivity index (χ3n) is 2.95. The zero-order valence-corrected chi connectivity index (χ0v) is 14.5. The van der Waals surface area contributed by atoms with E-state index < -0.39 is 9.84 Å². The topological polar surface area (TPSA) is 46.2 Å². The maximum absolute atomic E-state index is 11.8. The molecule has 3 nitrogen and oxygen atoms in total. The highest BCUT2D eigenvalue weighted by Crippen LogP contribution is 2.24. The number of nitrogens with one attached hydrogen (secondary N) is 1. The van der Waals surface area contributed by atoms with Crippen LogP contribution in [0.15, 0.2) is 35.2 Å². The number of hydrogen-bond donors (Lipinski definition) is 1. The van der Waals surface area contributed by atoms with E-state index in [-0.39, 0.29) is 4.90 Å². The molecule has 0 aliphatic carbocycles. The molecule has 1 aromatic heterocycles. The normalized spacial score (nSPS) is 11.8. The van der Waals surface area contributed by atoms with Gasteiger partial charge in [0.15, 0.2) is 9.84 Å². The molecule has 2 aromatic rings. The summed E-state index contributed by atoms with van der Waals surface area (Å²) in [4.78, 5) is 1.47. The lowest BCUT2D eigenvalue weighted by molar-refractivity contribution is 0.598. The maximum atomic E-state index is 11.8. The quantitative estimate of drug-likeness (QED) is 0.794. The highest BCUT2D eigenvalue weighted by atomic mass is 35.5. The third-order valence-corrected chi connectivity index (χ3v) is 5.78. The van der Waals surface area contributed by atoms with Crippen LogP contribution in [-0.2, 0) is 22.8 Å². The lowest BCUT2D eigenvalue weighted by Gasteiger charge is -2.11. The summed E-state index contributed by atoms with van der Waals surface area (Å²) >= 11 is 13.5. The maximum Gasteiger partial charge on any atom is 0.175 e. The van der Waals surface area contributed by atoms with Crippen LogP contribution in [-0.4, -0.2) is 21.2 Å². The lowest BCUT2D eigenvalue weighted by atomic mass is 10.2. The number of hydrogen-bond acceptors (Lipinski definition) is 4. The van der Waals surface area contributed by atoms with E-state index in [1.807, 2.05) is 12.1 Å². The number of rotatable bonds is 6. The average Bonchev–Trinajstić information content (AvgIpc) is 2.80. The van der Waals surface area contributed by atoms with Crippen molar-refractivity contribution in [3.05, 3.63) is 50.1 Å². The van der Waals surface area contributed by atoms with Gasteiger partial charge in [-0.2, -0.15) is 0 Å². The van der Waals surface area contributed by atoms with Crippen LogP contribution in [0.3, 0.4) is 0 Å². The predicted octanol–water partition coefficient (Wildman–Crippen LogP) is 3.79. The van der Waals surface area contributed by atoms with Gasteiger partial charge in [0.25, 0.3) is 0 Å². The summed E-state index contributed by atoms with van der Waals surface area (Å²) in [6, 6.07) is 8.79. The molecule has 2 rings (SSSR count). The minimum Gasteiger partial charge on any atom is -0.312 e. The molecule has 21 heavy (non-hydrogen) atoms. The Labute approximate surface area is 138 Å². The van der Waals surface area contributed by atoms with Gasteiger partial charge in [-0.15, -0.1) is 11.3 Å². The minimum absolute atomic E-state index is 0.279. The van der Waals surface area contributed by atoms with E-state index in [1.165, 1.54) is 11.1 Å². The molecule has 0 radical (unpaired) electrons. The Morgan fingerprint density at radius 1 is 1.19 bits per heavy atom. The second kappa shape index (κ2) is 7.11. The summed E-state index contributed by atoms with van der Waals surface area (Å²) < 4.78 is 24.3. The first kappa shape index (κ1) is 16.8. The van der Waals surface area contributed by atoms with E-state index in [0.717, 1.165) is 17.3 Å². The molecule has 0 aliphatic rings. The summed E-state index contributed by atoms with van der Waals surface area (Å²) in [6.45, 7) is 1.15. The standard InChI is InChI=1S/C14H15Cl2NO2S2/c1-21(18,19)13-4-2-3-12(15)11(13)9-17-8-7-10-5-6-14(16)20-10/h2-6,17H,7-9H2,1H3. The van der Waals surface area contributed by atoms with Gasteiger partial charge in [-0.1, -0.05) is 29.3 Å². The zero-order valence-electron chi connectivity index (χ0n) is 11.4. The van der Waals surface area contributed by atoms with Gasteiger partial charge in [0.1, 0.15) is 0 Å². The fourth-order valence-electron chi connectivity index (χ4n) is 1.97. The first-order valence-electron chi connectivity index (χ1n) is 6.30. The summed E-state index contributed by atoms with van der Waals surface area (Å²) in [7, 11) is -3.28. The van der Waals surface area contributed by atoms with E-state index in [9.17, 15) is 8.42 Å². The SMILES string of the molecule is CS(=O)(=O)c1cccc(Cl)c1CNCCc1ccc(Cl)s1. The largest absolute Gasteiger partial charge is 0.312 e. The molecule has 0 spiro atoms. The van der Waals surface area contributed by atoms with Crippen LogP contribution in [0.5, 0.6) is 0 Å². The van der Waals surface area contributed by atoms with Crippen LogP contribution in [0, 0.1) is 0 Å². The highest BCUT2D eigenvalue weighted by molar-refractivity contribution is 7.90. The fraction of sp³-hybridized carbons (Fsp3) is 0.286. The molecule has 1 aromatic carbocycles. The predicted molar refractivity (Wildman–Crippen MR) is 89.3 cm³/mol. The van der Waals surface area contributed by atoms with Crippen molar-refractivity contribution >= 4 is 44.4 Å². The molecule has 0 atom stereocenters. The zero-order chi connectivity index (χ0) is 15.5. The van der Waals surface area contributed by atoms with Gasteiger partial charge in [0.05, 0.1) is 9.23 Å². The summed E-state index contributed by atoms with van der Waals surface area (Å²) in [5, 5.41) is 3.69. The van der Waals surface area contributed by atoms with Gasteiger partial charge < -0.3 is 5.32 Å². The lowest BCUT2D eigenvalue weighted by Crippen LogP contribution is -2.18. The molecule has 1 N–H and O–H groups in total. The number of sulfone groups is 1. The fourth-order valence-corrected chi connectivity index (χ4v) is 4.31. The van der Waals surface area contributed by atoms with E-state index in [2.05, 4.69) is 5.32 Å². The monoisotopic (exact) mass is 363 g/mol. The third kappa shape index (κ3) is 4.69. The van der Waals surface area contributed by atoms with Crippen LogP contribution >= 0.6 is 34.5 Å². The van der Waals surface area contributed by atoms with E-state index >= 15 is 0 Å². The Morgan fingerprint density at radius 3 is 2.57 bits per heavy atom. The van der Waals surface area contributed by atoms with Crippen molar-refractivity contribution in [2.75, 3.05) is 12.8 Å². The van der Waals surface area contributed by atoms with E-state index in [4.69, 9.17) is 23.2 Å². The molecule has 0 saturated carbocycles. The molecule has 0 amide bonds. The first-order chi connectivity index (χ1) is 9.88. The molecule has 0 aliphatic heterocycles. The molecule has 7 heteroatoms. The second-order valence-corrected chi connectivity index (χ2v) is 8.81. The van der Waals surface area contributed by atoms with Gasteiger partial charge >= 0.3 is 0 Å². The molecular weight excluding hydrogens is 349 g/mol. The Kier molecular flexibility index (Phi) is 5.68. The molecule has 0 fully saturated rings. The number of halogens is 2. The smallest absolute Gasteiger partial charge is 0.175 e. The number of thiophene rings is 1. The molecular formula is C14H15Cl2NO2S2. The molecule has 0 bridgehead atoms. The van der Waals surface area contributed by atoms with Crippen molar-refractivity contribution in [3.63, 3.8) is 0 Å². The van der Waals surface area contributed by atoms with Crippen LogP contribution in [0.1, 0.15) is 10.4 Å². The van der Waals surface area contributed by atoms with Crippen LogP contribution in [0.25, 0.3) is 0 Å². The molecule has 0 saturated heterocycles. The van der Waals surface area contributed by atoms with Crippen LogP contribution < -0.4 is 5.32 Å². The first-order valence-corrected chi connectivity index (χ1v) is 9.76. The Morgan fingerprint density at radius 2 is 1.95 bits per heavy atom. The van der Waals surface area contributed by atoms with E-state index in [1.54, 1.807) is 29.5 Å². The Bertz CT molecular complexity index is 726. The Balaban J connectivity index is 2.00. The highest BCUT2D eigenvalue weighted by Gasteiger charge is 2.15. The van der Waals surface area contributed by atoms with E-state index in [0.29, 0.717) is 17.1 Å². The minimum atomic E-state index is -3.28. The van der Waals surface area contributed by atoms with Gasteiger partial charge in [-0.05, 0) is 30.7 Å². The molecule has 114 valence electrons. The van der Waals surface area contributed by atoms with Crippen molar-refractivity contribution in [1.82, 2.24) is 5.32 Å². The van der Waals surface area contributed by atoms with Gasteiger partial charge in [0, 0.05) is 34.8 Å². The van der Waals surface area contributed by atoms with Gasteiger partial charge in [0.2, 0.25) is 0 Å². The van der Waals surface area contributed by atoms with Crippen molar-refractivity contribution in [3.8, 4) is 0 Å². The number of benzene rings is 1. The Hall–Kier alpha value is -0.590. The van der Waals surface area contributed by atoms with Crippen LogP contribution in [0.4, 0.5) is 0 Å². The summed E-state index contributed by atoms with van der Waals surface area (Å²) in [6.07, 6.45) is 2.03. The van der Waals surface area contributed by atoms with Crippen molar-refractivity contribution in [2.45, 2.75) is 17.9 Å². The molecule has 1 heterocycles. The average molecular weight is 364 g/mol. The van der Waals surface area contributed by atoms with Crippen molar-refractivity contribution in [1.29, 1.82) is 0 Å². The molecule has 0 unspecified atom stereocenters. The van der Waals surface area contributed by atoms with Gasteiger partial charge in [-0.3, -0.25) is 0 Å². The van der Waals surface area contributed by atoms with Gasteiger partial charge in [-0.25, -0.2) is 8.42 Å². The van der Waals surface area contributed by atoms with Crippen molar-refractivity contribution < 1.29 is 8.42 Å². The summed E-state index contributed by atoms with van der Waals surface area (Å²) in [5.74, 6) is 0. The second-order valence-electron chi connectivity index (χ2n) is 4.62. The van der Waals surface area contributed by atoms with Crippen LogP contribution in [0.2, 0.25) is 9.36 Å².